The summed E-state index contributed by atoms with van der Waals surface area (Å²) in [5, 5.41) is 6.34. The van der Waals surface area contributed by atoms with Crippen LogP contribution >= 0.6 is 0 Å². The Morgan fingerprint density at radius 3 is 2.58 bits per heavy atom. The molecule has 0 spiro atoms. The molecule has 1 rings (SSSR count). The van der Waals surface area contributed by atoms with E-state index in [1.807, 2.05) is 25.1 Å². The first kappa shape index (κ1) is 20.0. The van der Waals surface area contributed by atoms with E-state index < -0.39 is 0 Å². The molecule has 6 heteroatoms. The fraction of sp³-hybridized carbons (Fsp3) is 0.556. The van der Waals surface area contributed by atoms with Gasteiger partial charge in [0.2, 0.25) is 5.91 Å². The highest BCUT2D eigenvalue weighted by Gasteiger charge is 2.03. The number of carbonyl (C=O) groups is 1. The van der Waals surface area contributed by atoms with Gasteiger partial charge in [-0.2, -0.15) is 0 Å². The number of ether oxygens (including phenoxy) is 1. The largest absolute Gasteiger partial charge is 0.381 e. The average Bonchev–Trinajstić information content (AvgIpc) is 2.59. The molecule has 0 aliphatic heterocycles. The van der Waals surface area contributed by atoms with Crippen LogP contribution in [0.2, 0.25) is 0 Å². The van der Waals surface area contributed by atoms with Crippen molar-refractivity contribution < 1.29 is 9.53 Å². The topological polar surface area (TPSA) is 66.0 Å². The number of benzene rings is 1. The minimum atomic E-state index is -0.0172. The van der Waals surface area contributed by atoms with Gasteiger partial charge in [0.15, 0.2) is 5.96 Å². The zero-order valence-corrected chi connectivity index (χ0v) is 15.0. The zero-order chi connectivity index (χ0) is 17.6. The van der Waals surface area contributed by atoms with Crippen molar-refractivity contribution in [1.82, 2.24) is 15.5 Å². The van der Waals surface area contributed by atoms with Gasteiger partial charge in [0.25, 0.3) is 0 Å². The molecule has 0 fully saturated rings. The number of rotatable bonds is 10. The van der Waals surface area contributed by atoms with Crippen molar-refractivity contribution >= 4 is 11.9 Å². The first-order valence-corrected chi connectivity index (χ1v) is 8.47. The Hall–Kier alpha value is -2.08. The Labute approximate surface area is 145 Å². The molecule has 1 amide bonds. The fourth-order valence-electron chi connectivity index (χ4n) is 1.95. The highest BCUT2D eigenvalue weighted by molar-refractivity contribution is 5.84. The molecule has 24 heavy (non-hydrogen) atoms. The van der Waals surface area contributed by atoms with Crippen LogP contribution in [0.3, 0.4) is 0 Å². The van der Waals surface area contributed by atoms with Crippen molar-refractivity contribution in [3.05, 3.63) is 35.9 Å². The Bertz CT molecular complexity index is 489. The number of likely N-dealkylation sites (N-methyl/N-ethyl adjacent to an activating group) is 1. The molecular formula is C18H30N4O2. The molecule has 0 aliphatic rings. The molecule has 0 aliphatic carbocycles. The Balaban J connectivity index is 2.14. The number of aliphatic imine (C=N–C) groups is 1. The van der Waals surface area contributed by atoms with Crippen LogP contribution in [0.5, 0.6) is 0 Å². The number of amides is 1. The second-order valence-corrected chi connectivity index (χ2v) is 5.61. The van der Waals surface area contributed by atoms with Gasteiger partial charge >= 0.3 is 0 Å². The second-order valence-electron chi connectivity index (χ2n) is 5.61. The van der Waals surface area contributed by atoms with E-state index in [0.717, 1.165) is 32.5 Å². The summed E-state index contributed by atoms with van der Waals surface area (Å²) >= 11 is 0. The van der Waals surface area contributed by atoms with E-state index in [0.29, 0.717) is 12.6 Å². The number of guanidine groups is 1. The third-order valence-electron chi connectivity index (χ3n) is 3.35. The van der Waals surface area contributed by atoms with Gasteiger partial charge < -0.3 is 20.3 Å². The summed E-state index contributed by atoms with van der Waals surface area (Å²) in [7, 11) is 3.45. The monoisotopic (exact) mass is 334 g/mol. The van der Waals surface area contributed by atoms with Crippen molar-refractivity contribution in [2.75, 3.05) is 46.9 Å². The van der Waals surface area contributed by atoms with Gasteiger partial charge in [-0.05, 0) is 25.3 Å². The lowest BCUT2D eigenvalue weighted by Crippen LogP contribution is -2.39. The van der Waals surface area contributed by atoms with Crippen molar-refractivity contribution in [2.45, 2.75) is 19.8 Å². The van der Waals surface area contributed by atoms with Crippen LogP contribution in [-0.2, 0) is 16.0 Å². The fourth-order valence-corrected chi connectivity index (χ4v) is 1.95. The van der Waals surface area contributed by atoms with Crippen LogP contribution in [0.4, 0.5) is 0 Å². The first-order chi connectivity index (χ1) is 11.6. The van der Waals surface area contributed by atoms with Crippen LogP contribution in [0.25, 0.3) is 0 Å². The number of nitrogens with zero attached hydrogens (tertiary/aromatic N) is 2. The third-order valence-corrected chi connectivity index (χ3v) is 3.35. The van der Waals surface area contributed by atoms with E-state index in [2.05, 4.69) is 27.8 Å². The number of carbonyl (C=O) groups excluding carboxylic acids is 1. The summed E-state index contributed by atoms with van der Waals surface area (Å²) in [6.07, 6.45) is 1.83. The van der Waals surface area contributed by atoms with Gasteiger partial charge in [-0.25, -0.2) is 4.99 Å². The maximum atomic E-state index is 11.6. The molecule has 2 N–H and O–H groups in total. The van der Waals surface area contributed by atoms with Crippen molar-refractivity contribution in [3.63, 3.8) is 0 Å². The predicted molar refractivity (Wildman–Crippen MR) is 98.3 cm³/mol. The number of nitrogens with one attached hydrogen (secondary N) is 2. The maximum Gasteiger partial charge on any atom is 0.243 e. The van der Waals surface area contributed by atoms with Crippen LogP contribution in [0, 0.1) is 0 Å². The van der Waals surface area contributed by atoms with Gasteiger partial charge in [-0.1, -0.05) is 30.3 Å². The lowest BCUT2D eigenvalue weighted by Gasteiger charge is -2.12. The quantitative estimate of drug-likeness (QED) is 0.384. The van der Waals surface area contributed by atoms with E-state index in [1.54, 1.807) is 14.1 Å². The maximum absolute atomic E-state index is 11.6. The Kier molecular flexibility index (Phi) is 10.3. The molecule has 0 saturated carbocycles. The smallest absolute Gasteiger partial charge is 0.243 e. The van der Waals surface area contributed by atoms with E-state index in [4.69, 9.17) is 4.74 Å². The van der Waals surface area contributed by atoms with E-state index >= 15 is 0 Å². The Morgan fingerprint density at radius 1 is 1.17 bits per heavy atom. The summed E-state index contributed by atoms with van der Waals surface area (Å²) in [4.78, 5) is 17.4. The molecule has 0 aromatic heterocycles. The second kappa shape index (κ2) is 12.4. The SMILES string of the molecule is CCNC(=NCC(=O)N(C)C)NCCCOCCc1ccccc1. The molecule has 0 saturated heterocycles. The first-order valence-electron chi connectivity index (χ1n) is 8.47. The van der Waals surface area contributed by atoms with Crippen LogP contribution in [0.15, 0.2) is 35.3 Å². The van der Waals surface area contributed by atoms with Crippen molar-refractivity contribution in [1.29, 1.82) is 0 Å². The van der Waals surface area contributed by atoms with E-state index in [1.165, 1.54) is 10.5 Å². The van der Waals surface area contributed by atoms with Gasteiger partial charge in [-0.3, -0.25) is 4.79 Å². The lowest BCUT2D eigenvalue weighted by atomic mass is 10.2. The Morgan fingerprint density at radius 2 is 1.92 bits per heavy atom. The molecule has 0 atom stereocenters. The minimum absolute atomic E-state index is 0.0172. The highest BCUT2D eigenvalue weighted by atomic mass is 16.5. The summed E-state index contributed by atoms with van der Waals surface area (Å²) in [5.74, 6) is 0.647. The van der Waals surface area contributed by atoms with Gasteiger partial charge in [0.05, 0.1) is 6.61 Å². The summed E-state index contributed by atoms with van der Waals surface area (Å²) in [5.41, 5.74) is 1.29. The van der Waals surface area contributed by atoms with E-state index in [-0.39, 0.29) is 12.5 Å². The molecule has 6 nitrogen and oxygen atoms in total. The third kappa shape index (κ3) is 9.15. The molecule has 134 valence electrons. The molecule has 1 aromatic carbocycles. The van der Waals surface area contributed by atoms with Gasteiger partial charge in [0, 0.05) is 33.8 Å². The molecule has 0 unspecified atom stereocenters. The summed E-state index contributed by atoms with van der Waals surface area (Å²) in [6, 6.07) is 10.3. The van der Waals surface area contributed by atoms with Crippen molar-refractivity contribution in [3.8, 4) is 0 Å². The predicted octanol–water partition coefficient (Wildman–Crippen LogP) is 1.28. The minimum Gasteiger partial charge on any atom is -0.381 e. The van der Waals surface area contributed by atoms with Crippen molar-refractivity contribution in [2.24, 2.45) is 4.99 Å². The van der Waals surface area contributed by atoms with Gasteiger partial charge in [0.1, 0.15) is 6.54 Å². The van der Waals surface area contributed by atoms with Crippen LogP contribution in [-0.4, -0.2) is 63.7 Å². The average molecular weight is 334 g/mol. The van der Waals surface area contributed by atoms with Crippen LogP contribution < -0.4 is 10.6 Å². The molecule has 0 heterocycles. The standard InChI is InChI=1S/C18H30N4O2/c1-4-19-18(21-15-17(23)22(2)3)20-12-8-13-24-14-11-16-9-6-5-7-10-16/h5-7,9-10H,4,8,11-15H2,1-3H3,(H2,19,20,21). The summed E-state index contributed by atoms with van der Waals surface area (Å²) < 4.78 is 5.65. The normalized spacial score (nSPS) is 11.2. The number of hydrogen-bond donors (Lipinski definition) is 2. The summed E-state index contributed by atoms with van der Waals surface area (Å²) in [6.45, 7) is 5.10. The van der Waals surface area contributed by atoms with E-state index in [9.17, 15) is 4.79 Å². The highest BCUT2D eigenvalue weighted by Crippen LogP contribution is 1.99. The number of hydrogen-bond acceptors (Lipinski definition) is 3. The zero-order valence-electron chi connectivity index (χ0n) is 15.0. The molecule has 0 radical (unpaired) electrons. The van der Waals surface area contributed by atoms with Gasteiger partial charge in [-0.15, -0.1) is 0 Å². The molecular weight excluding hydrogens is 304 g/mol. The lowest BCUT2D eigenvalue weighted by molar-refractivity contribution is -0.127. The molecule has 0 bridgehead atoms. The molecule has 1 aromatic rings. The van der Waals surface area contributed by atoms with Crippen LogP contribution in [0.1, 0.15) is 18.9 Å².